The Morgan fingerprint density at radius 2 is 2.00 bits per heavy atom. The number of hydrogen-bond donors (Lipinski definition) is 1. The third-order valence-electron chi connectivity index (χ3n) is 4.92. The van der Waals surface area contributed by atoms with Crippen LogP contribution in [0, 0.1) is 6.92 Å². The number of hydrogen-bond acceptors (Lipinski definition) is 5. The maximum absolute atomic E-state index is 12.6. The van der Waals surface area contributed by atoms with Crippen LogP contribution in [0.3, 0.4) is 0 Å². The summed E-state index contributed by atoms with van der Waals surface area (Å²) in [5.41, 5.74) is 1.73. The third kappa shape index (κ3) is 5.59. The fraction of sp³-hybridized carbons (Fsp3) is 0.409. The van der Waals surface area contributed by atoms with E-state index in [9.17, 15) is 13.2 Å². The summed E-state index contributed by atoms with van der Waals surface area (Å²) in [6, 6.07) is 14.4. The lowest BCUT2D eigenvalue weighted by Gasteiger charge is -2.33. The van der Waals surface area contributed by atoms with Gasteiger partial charge < -0.3 is 14.4 Å². The first kappa shape index (κ1) is 22.3. The van der Waals surface area contributed by atoms with Crippen LogP contribution >= 0.6 is 0 Å². The smallest absolute Gasteiger partial charge is 0.241 e. The van der Waals surface area contributed by atoms with Crippen LogP contribution in [-0.4, -0.2) is 52.1 Å². The summed E-state index contributed by atoms with van der Waals surface area (Å²) in [5.74, 6) is 0.384. The van der Waals surface area contributed by atoms with E-state index in [1.54, 1.807) is 24.0 Å². The van der Waals surface area contributed by atoms with Gasteiger partial charge in [0.1, 0.15) is 11.9 Å². The Bertz CT molecular complexity index is 963. The molecule has 0 aromatic heterocycles. The first-order chi connectivity index (χ1) is 14.4. The standard InChI is InChI=1S/C22H28N2O5S/c1-3-12-28-20-10-9-19(14-17(20)2)30(26,27)23-15-22(25)24-11-13-29-21(16-24)18-7-5-4-6-8-18/h4-10,14,21,23H,3,11-13,15-16H2,1-2H3/t21-/m0/s1. The minimum Gasteiger partial charge on any atom is -0.493 e. The molecule has 0 radical (unpaired) electrons. The van der Waals surface area contributed by atoms with Crippen molar-refractivity contribution >= 4 is 15.9 Å². The van der Waals surface area contributed by atoms with E-state index < -0.39 is 10.0 Å². The normalized spacial score (nSPS) is 17.0. The molecule has 1 aliphatic heterocycles. The summed E-state index contributed by atoms with van der Waals surface area (Å²) in [7, 11) is -3.80. The lowest BCUT2D eigenvalue weighted by atomic mass is 10.1. The van der Waals surface area contributed by atoms with Crippen molar-refractivity contribution in [2.24, 2.45) is 0 Å². The largest absolute Gasteiger partial charge is 0.493 e. The van der Waals surface area contributed by atoms with E-state index in [1.165, 1.54) is 6.07 Å². The highest BCUT2D eigenvalue weighted by Crippen LogP contribution is 2.23. The number of nitrogens with zero attached hydrogens (tertiary/aromatic N) is 1. The summed E-state index contributed by atoms with van der Waals surface area (Å²) in [6.07, 6.45) is 0.661. The van der Waals surface area contributed by atoms with Crippen LogP contribution in [0.1, 0.15) is 30.6 Å². The van der Waals surface area contributed by atoms with Crippen molar-refractivity contribution in [3.05, 3.63) is 59.7 Å². The van der Waals surface area contributed by atoms with Crippen LogP contribution in [-0.2, 0) is 19.6 Å². The van der Waals surface area contributed by atoms with Crippen molar-refractivity contribution < 1.29 is 22.7 Å². The number of amides is 1. The monoisotopic (exact) mass is 432 g/mol. The molecule has 1 fully saturated rings. The molecule has 0 aliphatic carbocycles. The van der Waals surface area contributed by atoms with Gasteiger partial charge in [0.25, 0.3) is 0 Å². The van der Waals surface area contributed by atoms with Crippen LogP contribution in [0.5, 0.6) is 5.75 Å². The van der Waals surface area contributed by atoms with Gasteiger partial charge in [0, 0.05) is 6.54 Å². The summed E-state index contributed by atoms with van der Waals surface area (Å²) in [6.45, 7) is 5.33. The Hall–Kier alpha value is -2.42. The van der Waals surface area contributed by atoms with Crippen molar-refractivity contribution in [2.75, 3.05) is 32.8 Å². The zero-order valence-electron chi connectivity index (χ0n) is 17.3. The number of sulfonamides is 1. The van der Waals surface area contributed by atoms with Crippen LogP contribution in [0.15, 0.2) is 53.4 Å². The summed E-state index contributed by atoms with van der Waals surface area (Å²) < 4.78 is 39.0. The average molecular weight is 433 g/mol. The maximum Gasteiger partial charge on any atom is 0.241 e. The second kappa shape index (κ2) is 10.1. The highest BCUT2D eigenvalue weighted by Gasteiger charge is 2.26. The molecule has 162 valence electrons. The van der Waals surface area contributed by atoms with E-state index in [2.05, 4.69) is 4.72 Å². The second-order valence-electron chi connectivity index (χ2n) is 7.21. The Labute approximate surface area is 178 Å². The SMILES string of the molecule is CCCOc1ccc(S(=O)(=O)NCC(=O)N2CCO[C@H](c3ccccc3)C2)cc1C. The summed E-state index contributed by atoms with van der Waals surface area (Å²) >= 11 is 0. The zero-order chi connectivity index (χ0) is 21.6. The number of ether oxygens (including phenoxy) is 2. The van der Waals surface area contributed by atoms with Gasteiger partial charge in [0.05, 0.1) is 31.2 Å². The quantitative estimate of drug-likeness (QED) is 0.693. The highest BCUT2D eigenvalue weighted by atomic mass is 32.2. The molecule has 30 heavy (non-hydrogen) atoms. The number of carbonyl (C=O) groups is 1. The molecule has 0 spiro atoms. The third-order valence-corrected chi connectivity index (χ3v) is 6.32. The van der Waals surface area contributed by atoms with Crippen molar-refractivity contribution in [3.8, 4) is 5.75 Å². The lowest BCUT2D eigenvalue weighted by Crippen LogP contribution is -2.46. The fourth-order valence-electron chi connectivity index (χ4n) is 3.26. The Balaban J connectivity index is 1.60. The van der Waals surface area contributed by atoms with Crippen LogP contribution in [0.4, 0.5) is 0 Å². The molecule has 2 aromatic carbocycles. The predicted molar refractivity (Wildman–Crippen MR) is 114 cm³/mol. The van der Waals surface area contributed by atoms with Crippen molar-refractivity contribution in [3.63, 3.8) is 0 Å². The van der Waals surface area contributed by atoms with Crippen molar-refractivity contribution in [1.29, 1.82) is 0 Å². The summed E-state index contributed by atoms with van der Waals surface area (Å²) in [5, 5.41) is 0. The molecule has 2 aromatic rings. The molecule has 0 saturated carbocycles. The topological polar surface area (TPSA) is 84.9 Å². The molecule has 0 unspecified atom stereocenters. The molecule has 1 amide bonds. The molecule has 0 bridgehead atoms. The van der Waals surface area contributed by atoms with E-state index in [-0.39, 0.29) is 23.5 Å². The van der Waals surface area contributed by atoms with Crippen molar-refractivity contribution in [1.82, 2.24) is 9.62 Å². The number of nitrogens with one attached hydrogen (secondary N) is 1. The number of rotatable bonds is 8. The van der Waals surface area contributed by atoms with Gasteiger partial charge in [-0.1, -0.05) is 37.3 Å². The van der Waals surface area contributed by atoms with E-state index in [4.69, 9.17) is 9.47 Å². The predicted octanol–water partition coefficient (Wildman–Crippen LogP) is 2.66. The van der Waals surface area contributed by atoms with Gasteiger partial charge in [-0.05, 0) is 42.7 Å². The molecule has 7 nitrogen and oxygen atoms in total. The van der Waals surface area contributed by atoms with Gasteiger partial charge in [-0.3, -0.25) is 4.79 Å². The molecule has 1 atom stereocenters. The number of morpholine rings is 1. The minimum atomic E-state index is -3.80. The molecule has 1 saturated heterocycles. The molecular formula is C22H28N2O5S. The fourth-order valence-corrected chi connectivity index (χ4v) is 4.32. The van der Waals surface area contributed by atoms with Crippen LogP contribution in [0.25, 0.3) is 0 Å². The van der Waals surface area contributed by atoms with Gasteiger partial charge in [-0.2, -0.15) is 0 Å². The maximum atomic E-state index is 12.6. The van der Waals surface area contributed by atoms with E-state index in [1.807, 2.05) is 37.3 Å². The van der Waals surface area contributed by atoms with Crippen molar-refractivity contribution in [2.45, 2.75) is 31.3 Å². The Morgan fingerprint density at radius 3 is 2.70 bits per heavy atom. The highest BCUT2D eigenvalue weighted by molar-refractivity contribution is 7.89. The van der Waals surface area contributed by atoms with Gasteiger partial charge >= 0.3 is 0 Å². The second-order valence-corrected chi connectivity index (χ2v) is 8.98. The van der Waals surface area contributed by atoms with Gasteiger partial charge in [0.2, 0.25) is 15.9 Å². The minimum absolute atomic E-state index is 0.112. The number of carbonyl (C=O) groups excluding carboxylic acids is 1. The molecular weight excluding hydrogens is 404 g/mol. The summed E-state index contributed by atoms with van der Waals surface area (Å²) in [4.78, 5) is 14.4. The molecule has 8 heteroatoms. The first-order valence-corrected chi connectivity index (χ1v) is 11.6. The van der Waals surface area contributed by atoms with E-state index in [0.29, 0.717) is 32.1 Å². The van der Waals surface area contributed by atoms with Crippen LogP contribution < -0.4 is 9.46 Å². The number of benzene rings is 2. The average Bonchev–Trinajstić information content (AvgIpc) is 2.77. The van der Waals surface area contributed by atoms with Crippen LogP contribution in [0.2, 0.25) is 0 Å². The molecule has 3 rings (SSSR count). The van der Waals surface area contributed by atoms with E-state index in [0.717, 1.165) is 17.5 Å². The number of aryl methyl sites for hydroxylation is 1. The first-order valence-electron chi connectivity index (χ1n) is 10.1. The lowest BCUT2D eigenvalue weighted by molar-refractivity contribution is -0.137. The van der Waals surface area contributed by atoms with Gasteiger partial charge in [0.15, 0.2) is 0 Å². The Kier molecular flexibility index (Phi) is 7.47. The van der Waals surface area contributed by atoms with E-state index >= 15 is 0 Å². The molecule has 1 aliphatic rings. The Morgan fingerprint density at radius 1 is 1.23 bits per heavy atom. The molecule has 1 heterocycles. The van der Waals surface area contributed by atoms with Gasteiger partial charge in [-0.25, -0.2) is 13.1 Å². The van der Waals surface area contributed by atoms with Gasteiger partial charge in [-0.15, -0.1) is 0 Å². The zero-order valence-corrected chi connectivity index (χ0v) is 18.2. The molecule has 1 N–H and O–H groups in total.